The van der Waals surface area contributed by atoms with Gasteiger partial charge in [-0.05, 0) is 48.8 Å². The van der Waals surface area contributed by atoms with Crippen LogP contribution in [0.5, 0.6) is 0 Å². The highest BCUT2D eigenvalue weighted by Gasteiger charge is 2.04. The molecule has 0 saturated carbocycles. The standard InChI is InChI=1S/C22H25N3O/c1-25-21(26)16-20(24-22(25)23)14-13-19-12-6-11-18(15-19)10-5-9-17-7-3-2-4-8-17/h2-4,6-8,11-12,15-16H,5,9-10,13-14H2,1H3,(H2,23,24). The van der Waals surface area contributed by atoms with Gasteiger partial charge in [-0.2, -0.15) is 0 Å². The van der Waals surface area contributed by atoms with Gasteiger partial charge in [0.2, 0.25) is 5.95 Å². The molecule has 3 aromatic rings. The molecule has 3 rings (SSSR count). The molecule has 0 atom stereocenters. The van der Waals surface area contributed by atoms with Crippen LogP contribution in [-0.2, 0) is 32.7 Å². The van der Waals surface area contributed by atoms with Gasteiger partial charge < -0.3 is 5.73 Å². The number of hydrogen-bond donors (Lipinski definition) is 1. The van der Waals surface area contributed by atoms with E-state index in [2.05, 4.69) is 59.6 Å². The predicted molar refractivity (Wildman–Crippen MR) is 106 cm³/mol. The summed E-state index contributed by atoms with van der Waals surface area (Å²) < 4.78 is 1.36. The van der Waals surface area contributed by atoms with E-state index in [1.165, 1.54) is 21.3 Å². The SMILES string of the molecule is Cn1c(N)nc(CCc2cccc(CCCc3ccccc3)c2)cc1=O. The van der Waals surface area contributed by atoms with Crippen LogP contribution < -0.4 is 11.3 Å². The van der Waals surface area contributed by atoms with E-state index in [9.17, 15) is 4.79 Å². The summed E-state index contributed by atoms with van der Waals surface area (Å²) in [5.74, 6) is 0.266. The molecule has 0 amide bonds. The zero-order chi connectivity index (χ0) is 18.4. The fourth-order valence-corrected chi connectivity index (χ4v) is 3.09. The zero-order valence-corrected chi connectivity index (χ0v) is 15.2. The molecular weight excluding hydrogens is 322 g/mol. The first-order valence-corrected chi connectivity index (χ1v) is 9.06. The molecule has 4 nitrogen and oxygen atoms in total. The molecule has 0 spiro atoms. The molecule has 2 N–H and O–H groups in total. The number of aromatic nitrogens is 2. The van der Waals surface area contributed by atoms with Crippen molar-refractivity contribution in [2.24, 2.45) is 7.05 Å². The van der Waals surface area contributed by atoms with E-state index in [0.717, 1.165) is 31.4 Å². The first-order chi connectivity index (χ1) is 12.6. The molecule has 1 aromatic heterocycles. The van der Waals surface area contributed by atoms with Crippen LogP contribution in [0.3, 0.4) is 0 Å². The first kappa shape index (κ1) is 17.9. The van der Waals surface area contributed by atoms with Gasteiger partial charge in [0.1, 0.15) is 0 Å². The van der Waals surface area contributed by atoms with Gasteiger partial charge in [0, 0.05) is 13.1 Å². The molecule has 26 heavy (non-hydrogen) atoms. The van der Waals surface area contributed by atoms with E-state index in [4.69, 9.17) is 5.73 Å². The highest BCUT2D eigenvalue weighted by Crippen LogP contribution is 2.12. The maximum absolute atomic E-state index is 11.8. The fraction of sp³-hybridized carbons (Fsp3) is 0.273. The molecule has 0 fully saturated rings. The molecule has 0 aliphatic carbocycles. The van der Waals surface area contributed by atoms with Crippen molar-refractivity contribution in [3.63, 3.8) is 0 Å². The lowest BCUT2D eigenvalue weighted by molar-refractivity contribution is 0.802. The predicted octanol–water partition coefficient (Wildman–Crippen LogP) is 3.32. The summed E-state index contributed by atoms with van der Waals surface area (Å²) in [5.41, 5.74) is 10.4. The molecule has 0 aliphatic rings. The number of nitrogens with zero attached hydrogens (tertiary/aromatic N) is 2. The molecule has 4 heteroatoms. The second-order valence-electron chi connectivity index (χ2n) is 6.66. The lowest BCUT2D eigenvalue weighted by atomic mass is 10.0. The topological polar surface area (TPSA) is 60.9 Å². The van der Waals surface area contributed by atoms with Crippen LogP contribution in [-0.4, -0.2) is 9.55 Å². The average molecular weight is 347 g/mol. The summed E-state index contributed by atoms with van der Waals surface area (Å²) in [6.45, 7) is 0. The van der Waals surface area contributed by atoms with Crippen LogP contribution >= 0.6 is 0 Å². The Morgan fingerprint density at radius 1 is 0.846 bits per heavy atom. The summed E-state index contributed by atoms with van der Waals surface area (Å²) in [7, 11) is 1.63. The van der Waals surface area contributed by atoms with E-state index in [1.54, 1.807) is 13.1 Å². The van der Waals surface area contributed by atoms with Crippen LogP contribution in [0.15, 0.2) is 65.5 Å². The molecule has 1 heterocycles. The second-order valence-corrected chi connectivity index (χ2v) is 6.66. The number of aryl methyl sites for hydroxylation is 4. The van der Waals surface area contributed by atoms with E-state index < -0.39 is 0 Å². The lowest BCUT2D eigenvalue weighted by Crippen LogP contribution is -2.21. The normalized spacial score (nSPS) is 10.8. The number of rotatable bonds is 7. The lowest BCUT2D eigenvalue weighted by Gasteiger charge is -2.07. The molecule has 134 valence electrons. The van der Waals surface area contributed by atoms with Gasteiger partial charge >= 0.3 is 0 Å². The number of nitrogen functional groups attached to an aromatic ring is 1. The monoisotopic (exact) mass is 347 g/mol. The van der Waals surface area contributed by atoms with Gasteiger partial charge in [0.25, 0.3) is 5.56 Å². The van der Waals surface area contributed by atoms with Gasteiger partial charge in [-0.3, -0.25) is 9.36 Å². The van der Waals surface area contributed by atoms with Crippen molar-refractivity contribution in [2.45, 2.75) is 32.1 Å². The van der Waals surface area contributed by atoms with E-state index in [0.29, 0.717) is 6.42 Å². The van der Waals surface area contributed by atoms with Crippen LogP contribution in [0, 0.1) is 0 Å². The Kier molecular flexibility index (Phi) is 5.84. The van der Waals surface area contributed by atoms with Crippen molar-refractivity contribution in [1.82, 2.24) is 9.55 Å². The van der Waals surface area contributed by atoms with Crippen molar-refractivity contribution in [1.29, 1.82) is 0 Å². The highest BCUT2D eigenvalue weighted by atomic mass is 16.1. The van der Waals surface area contributed by atoms with Gasteiger partial charge in [0.05, 0.1) is 5.69 Å². The largest absolute Gasteiger partial charge is 0.369 e. The summed E-state index contributed by atoms with van der Waals surface area (Å²) in [4.78, 5) is 16.1. The third-order valence-corrected chi connectivity index (χ3v) is 4.66. The van der Waals surface area contributed by atoms with Gasteiger partial charge in [-0.1, -0.05) is 54.6 Å². The number of nitrogens with two attached hydrogens (primary N) is 1. The van der Waals surface area contributed by atoms with E-state index in [1.807, 2.05) is 0 Å². The molecule has 0 aliphatic heterocycles. The summed E-state index contributed by atoms with van der Waals surface area (Å²) in [5, 5.41) is 0. The van der Waals surface area contributed by atoms with Crippen LogP contribution in [0.4, 0.5) is 5.95 Å². The minimum Gasteiger partial charge on any atom is -0.369 e. The highest BCUT2D eigenvalue weighted by molar-refractivity contribution is 5.26. The minimum atomic E-state index is -0.109. The van der Waals surface area contributed by atoms with E-state index >= 15 is 0 Å². The Balaban J connectivity index is 1.56. The maximum atomic E-state index is 11.8. The Morgan fingerprint density at radius 2 is 1.50 bits per heavy atom. The number of hydrogen-bond acceptors (Lipinski definition) is 3. The van der Waals surface area contributed by atoms with Crippen molar-refractivity contribution in [3.05, 3.63) is 93.4 Å². The van der Waals surface area contributed by atoms with Crippen molar-refractivity contribution in [2.75, 3.05) is 5.73 Å². The number of benzene rings is 2. The molecule has 0 bridgehead atoms. The number of anilines is 1. The maximum Gasteiger partial charge on any atom is 0.254 e. The Hall–Kier alpha value is -2.88. The smallest absolute Gasteiger partial charge is 0.254 e. The summed E-state index contributed by atoms with van der Waals surface area (Å²) in [6.07, 6.45) is 4.88. The summed E-state index contributed by atoms with van der Waals surface area (Å²) >= 11 is 0. The Morgan fingerprint density at radius 3 is 2.23 bits per heavy atom. The molecule has 0 unspecified atom stereocenters. The van der Waals surface area contributed by atoms with Crippen molar-refractivity contribution >= 4 is 5.95 Å². The third-order valence-electron chi connectivity index (χ3n) is 4.66. The van der Waals surface area contributed by atoms with Gasteiger partial charge in [0.15, 0.2) is 0 Å². The average Bonchev–Trinajstić information content (AvgIpc) is 2.65. The Labute approximate surface area is 154 Å². The second kappa shape index (κ2) is 8.48. The van der Waals surface area contributed by atoms with Gasteiger partial charge in [-0.25, -0.2) is 4.98 Å². The summed E-state index contributed by atoms with van der Waals surface area (Å²) in [6, 6.07) is 20.8. The van der Waals surface area contributed by atoms with Crippen molar-refractivity contribution in [3.8, 4) is 0 Å². The first-order valence-electron chi connectivity index (χ1n) is 9.06. The molecule has 2 aromatic carbocycles. The molecular formula is C22H25N3O. The van der Waals surface area contributed by atoms with Crippen molar-refractivity contribution < 1.29 is 0 Å². The van der Waals surface area contributed by atoms with Crippen LogP contribution in [0.2, 0.25) is 0 Å². The quantitative estimate of drug-likeness (QED) is 0.713. The third kappa shape index (κ3) is 4.82. The van der Waals surface area contributed by atoms with Crippen LogP contribution in [0.25, 0.3) is 0 Å². The zero-order valence-electron chi connectivity index (χ0n) is 15.2. The Bertz CT molecular complexity index is 916. The van der Waals surface area contributed by atoms with Crippen LogP contribution in [0.1, 0.15) is 28.8 Å². The van der Waals surface area contributed by atoms with Gasteiger partial charge in [-0.15, -0.1) is 0 Å². The van der Waals surface area contributed by atoms with E-state index in [-0.39, 0.29) is 11.5 Å². The fourth-order valence-electron chi connectivity index (χ4n) is 3.09. The molecule has 0 radical (unpaired) electrons. The molecule has 0 saturated heterocycles. The minimum absolute atomic E-state index is 0.109.